The molecule has 1 aliphatic heterocycles. The Morgan fingerprint density at radius 1 is 1.30 bits per heavy atom. The minimum absolute atomic E-state index is 0.00972. The zero-order chi connectivity index (χ0) is 21.3. The third-order valence-corrected chi connectivity index (χ3v) is 4.83. The highest BCUT2D eigenvalue weighted by Crippen LogP contribution is 2.24. The van der Waals surface area contributed by atoms with E-state index in [1.807, 2.05) is 0 Å². The van der Waals surface area contributed by atoms with Gasteiger partial charge in [-0.05, 0) is 48.7 Å². The molecule has 0 radical (unpaired) electrons. The number of benzene rings is 1. The lowest BCUT2D eigenvalue weighted by Crippen LogP contribution is -2.46. The Hall–Kier alpha value is -3.26. The fourth-order valence-electron chi connectivity index (χ4n) is 3.18. The maximum Gasteiger partial charge on any atom is 0.244 e. The van der Waals surface area contributed by atoms with Gasteiger partial charge < -0.3 is 15.4 Å². The molecule has 1 aromatic carbocycles. The molecule has 2 aromatic rings. The predicted molar refractivity (Wildman–Crippen MR) is 111 cm³/mol. The molecule has 0 spiro atoms. The van der Waals surface area contributed by atoms with Crippen LogP contribution in [0.4, 0.5) is 4.39 Å². The zero-order valence-electron chi connectivity index (χ0n) is 16.8. The molecule has 1 saturated heterocycles. The molecule has 0 saturated carbocycles. The maximum absolute atomic E-state index is 14.3. The van der Waals surface area contributed by atoms with Crippen molar-refractivity contribution >= 4 is 17.9 Å². The number of nitrogens with zero attached hydrogens (tertiary/aromatic N) is 2. The van der Waals surface area contributed by atoms with E-state index in [0.717, 1.165) is 25.9 Å². The number of likely N-dealkylation sites (N-methyl/N-ethyl adjacent to an activating group) is 1. The van der Waals surface area contributed by atoms with Crippen molar-refractivity contribution in [3.05, 3.63) is 60.2 Å². The van der Waals surface area contributed by atoms with Crippen LogP contribution in [0.2, 0.25) is 0 Å². The first-order valence-corrected chi connectivity index (χ1v) is 9.82. The molecule has 2 N–H and O–H groups in total. The third kappa shape index (κ3) is 6.38. The quantitative estimate of drug-likeness (QED) is 0.682. The standard InChI is InChI=1S/C22H25FN4O3/c1-24-22(29)15-27-11-8-17(9-12-27)26-21(28)7-5-16-4-6-20(19(23)13-16)30-18-3-2-10-25-14-18/h2-7,10,13-14,17H,8-9,11-12,15H2,1H3,(H,24,29)(H,26,28)/b7-5+. The molecule has 0 bridgehead atoms. The van der Waals surface area contributed by atoms with Gasteiger partial charge in [-0.3, -0.25) is 19.5 Å². The van der Waals surface area contributed by atoms with Gasteiger partial charge in [-0.15, -0.1) is 0 Å². The highest BCUT2D eigenvalue weighted by molar-refractivity contribution is 5.91. The van der Waals surface area contributed by atoms with Crippen molar-refractivity contribution in [1.82, 2.24) is 20.5 Å². The average Bonchev–Trinajstić information content (AvgIpc) is 2.76. The molecule has 2 amide bonds. The Bertz CT molecular complexity index is 897. The lowest BCUT2D eigenvalue weighted by molar-refractivity contribution is -0.122. The number of halogens is 1. The number of carbonyl (C=O) groups excluding carboxylic acids is 2. The Labute approximate surface area is 174 Å². The molecule has 1 aliphatic rings. The van der Waals surface area contributed by atoms with Gasteiger partial charge in [-0.1, -0.05) is 6.07 Å². The molecule has 7 nitrogen and oxygen atoms in total. The lowest BCUT2D eigenvalue weighted by Gasteiger charge is -2.31. The summed E-state index contributed by atoms with van der Waals surface area (Å²) in [5, 5.41) is 5.57. The van der Waals surface area contributed by atoms with Gasteiger partial charge in [-0.25, -0.2) is 4.39 Å². The predicted octanol–water partition coefficient (Wildman–Crippen LogP) is 2.35. The summed E-state index contributed by atoms with van der Waals surface area (Å²) >= 11 is 0. The molecule has 1 fully saturated rings. The highest BCUT2D eigenvalue weighted by Gasteiger charge is 2.21. The van der Waals surface area contributed by atoms with Gasteiger partial charge >= 0.3 is 0 Å². The van der Waals surface area contributed by atoms with Crippen molar-refractivity contribution in [1.29, 1.82) is 0 Å². The summed E-state index contributed by atoms with van der Waals surface area (Å²) in [5.74, 6) is -0.223. The summed E-state index contributed by atoms with van der Waals surface area (Å²) in [6, 6.07) is 7.96. The van der Waals surface area contributed by atoms with E-state index in [4.69, 9.17) is 4.74 Å². The number of amides is 2. The fourth-order valence-corrected chi connectivity index (χ4v) is 3.18. The summed E-state index contributed by atoms with van der Waals surface area (Å²) in [5.41, 5.74) is 0.557. The van der Waals surface area contributed by atoms with E-state index in [0.29, 0.717) is 17.9 Å². The molecule has 1 aromatic heterocycles. The number of hydrogen-bond donors (Lipinski definition) is 2. The minimum Gasteiger partial charge on any atom is -0.453 e. The van der Waals surface area contributed by atoms with Crippen LogP contribution in [0, 0.1) is 5.82 Å². The topological polar surface area (TPSA) is 83.6 Å². The number of pyridine rings is 1. The van der Waals surface area contributed by atoms with Gasteiger partial charge in [0.05, 0.1) is 12.7 Å². The smallest absolute Gasteiger partial charge is 0.244 e. The Morgan fingerprint density at radius 3 is 2.77 bits per heavy atom. The van der Waals surface area contributed by atoms with Crippen LogP contribution in [-0.4, -0.2) is 54.4 Å². The van der Waals surface area contributed by atoms with Crippen LogP contribution >= 0.6 is 0 Å². The van der Waals surface area contributed by atoms with Gasteiger partial charge in [0.15, 0.2) is 11.6 Å². The van der Waals surface area contributed by atoms with Crippen molar-refractivity contribution in [2.75, 3.05) is 26.7 Å². The Morgan fingerprint density at radius 2 is 2.10 bits per heavy atom. The van der Waals surface area contributed by atoms with E-state index in [9.17, 15) is 14.0 Å². The summed E-state index contributed by atoms with van der Waals surface area (Å²) in [6.07, 6.45) is 7.63. The van der Waals surface area contributed by atoms with E-state index in [2.05, 4.69) is 20.5 Å². The monoisotopic (exact) mass is 412 g/mol. The Kier molecular flexibility index (Phi) is 7.51. The number of hydrogen-bond acceptors (Lipinski definition) is 5. The second-order valence-corrected chi connectivity index (χ2v) is 7.05. The van der Waals surface area contributed by atoms with Crippen molar-refractivity contribution in [2.24, 2.45) is 0 Å². The normalized spacial score (nSPS) is 15.1. The van der Waals surface area contributed by atoms with Crippen LogP contribution in [0.3, 0.4) is 0 Å². The van der Waals surface area contributed by atoms with Crippen LogP contribution in [0.1, 0.15) is 18.4 Å². The SMILES string of the molecule is CNC(=O)CN1CCC(NC(=O)/C=C/c2ccc(Oc3cccnc3)c(F)c2)CC1. The van der Waals surface area contributed by atoms with E-state index in [-0.39, 0.29) is 23.6 Å². The van der Waals surface area contributed by atoms with Gasteiger partial charge in [0.25, 0.3) is 0 Å². The van der Waals surface area contributed by atoms with Crippen molar-refractivity contribution in [3.8, 4) is 11.5 Å². The number of aromatic nitrogens is 1. The first-order valence-electron chi connectivity index (χ1n) is 9.82. The van der Waals surface area contributed by atoms with Crippen LogP contribution in [-0.2, 0) is 9.59 Å². The molecule has 30 heavy (non-hydrogen) atoms. The molecule has 8 heteroatoms. The highest BCUT2D eigenvalue weighted by atomic mass is 19.1. The first kappa shape index (κ1) is 21.4. The molecule has 0 atom stereocenters. The Balaban J connectivity index is 1.48. The number of likely N-dealkylation sites (tertiary alicyclic amines) is 1. The van der Waals surface area contributed by atoms with Gasteiger partial charge in [0, 0.05) is 38.5 Å². The summed E-state index contributed by atoms with van der Waals surface area (Å²) in [7, 11) is 1.62. The average molecular weight is 412 g/mol. The molecule has 0 aliphatic carbocycles. The second kappa shape index (κ2) is 10.5. The van der Waals surface area contributed by atoms with Crippen molar-refractivity contribution < 1.29 is 18.7 Å². The molecule has 158 valence electrons. The van der Waals surface area contributed by atoms with E-state index < -0.39 is 5.82 Å². The lowest BCUT2D eigenvalue weighted by atomic mass is 10.0. The molecule has 0 unspecified atom stereocenters. The molecular formula is C22H25FN4O3. The number of rotatable bonds is 7. The fraction of sp³-hybridized carbons (Fsp3) is 0.318. The van der Waals surface area contributed by atoms with Gasteiger partial charge in [0.2, 0.25) is 11.8 Å². The number of piperidine rings is 1. The van der Waals surface area contributed by atoms with Crippen molar-refractivity contribution in [3.63, 3.8) is 0 Å². The number of ether oxygens (including phenoxy) is 1. The summed E-state index contributed by atoms with van der Waals surface area (Å²) < 4.78 is 19.7. The second-order valence-electron chi connectivity index (χ2n) is 7.05. The van der Waals surface area contributed by atoms with E-state index in [1.165, 1.54) is 24.4 Å². The van der Waals surface area contributed by atoms with Crippen LogP contribution in [0.5, 0.6) is 11.5 Å². The van der Waals surface area contributed by atoms with Crippen LogP contribution in [0.15, 0.2) is 48.8 Å². The van der Waals surface area contributed by atoms with Crippen LogP contribution < -0.4 is 15.4 Å². The zero-order valence-corrected chi connectivity index (χ0v) is 16.8. The van der Waals surface area contributed by atoms with E-state index >= 15 is 0 Å². The molecule has 2 heterocycles. The molecular weight excluding hydrogens is 387 g/mol. The van der Waals surface area contributed by atoms with Gasteiger partial charge in [0.1, 0.15) is 5.75 Å². The summed E-state index contributed by atoms with van der Waals surface area (Å²) in [4.78, 5) is 29.6. The molecule has 3 rings (SSSR count). The van der Waals surface area contributed by atoms with E-state index in [1.54, 1.807) is 37.5 Å². The largest absolute Gasteiger partial charge is 0.453 e. The number of nitrogens with one attached hydrogen (secondary N) is 2. The van der Waals surface area contributed by atoms with Crippen LogP contribution in [0.25, 0.3) is 6.08 Å². The maximum atomic E-state index is 14.3. The first-order chi connectivity index (χ1) is 14.5. The third-order valence-electron chi connectivity index (χ3n) is 4.83. The van der Waals surface area contributed by atoms with Crippen molar-refractivity contribution in [2.45, 2.75) is 18.9 Å². The summed E-state index contributed by atoms with van der Waals surface area (Å²) in [6.45, 7) is 1.89. The number of carbonyl (C=O) groups is 2. The minimum atomic E-state index is -0.523. The van der Waals surface area contributed by atoms with Gasteiger partial charge in [-0.2, -0.15) is 0 Å².